The lowest BCUT2D eigenvalue weighted by Gasteiger charge is -2.22. The summed E-state index contributed by atoms with van der Waals surface area (Å²) in [5, 5.41) is 19.7. The summed E-state index contributed by atoms with van der Waals surface area (Å²) in [6, 6.07) is 11.7. The molecule has 1 aliphatic heterocycles. The number of halogens is 1. The highest BCUT2D eigenvalue weighted by Gasteiger charge is 2.42. The number of rotatable bonds is 6. The first kappa shape index (κ1) is 19.0. The molecule has 2 unspecified atom stereocenters. The van der Waals surface area contributed by atoms with Crippen LogP contribution in [0.15, 0.2) is 42.5 Å². The minimum absolute atomic E-state index is 0.224. The molecule has 6 heteroatoms. The number of phenolic OH excluding ortho intramolecular Hbond substituents is 1. The van der Waals surface area contributed by atoms with E-state index in [4.69, 9.17) is 9.47 Å². The van der Waals surface area contributed by atoms with Gasteiger partial charge in [0.25, 0.3) is 0 Å². The van der Waals surface area contributed by atoms with Crippen LogP contribution in [0.25, 0.3) is 0 Å². The monoisotopic (exact) mass is 387 g/mol. The van der Waals surface area contributed by atoms with Gasteiger partial charge in [-0.3, -0.25) is 4.90 Å². The molecule has 0 radical (unpaired) electrons. The molecule has 2 fully saturated rings. The van der Waals surface area contributed by atoms with Crippen LogP contribution in [0.4, 0.5) is 4.39 Å². The zero-order valence-corrected chi connectivity index (χ0v) is 15.9. The summed E-state index contributed by atoms with van der Waals surface area (Å²) >= 11 is 0. The van der Waals surface area contributed by atoms with Crippen LogP contribution in [0.1, 0.15) is 24.5 Å². The third-order valence-corrected chi connectivity index (χ3v) is 5.93. The molecule has 0 spiro atoms. The number of aliphatic hydroxyl groups is 1. The van der Waals surface area contributed by atoms with Gasteiger partial charge in [0, 0.05) is 19.6 Å². The number of nitrogens with zero attached hydrogens (tertiary/aromatic N) is 1. The summed E-state index contributed by atoms with van der Waals surface area (Å²) in [7, 11) is 1.65. The SMILES string of the molecule is COc1ccc(OC2C[C@@H]3CN(CC(O)c4ccc(O)c(F)c4)C[C@@H]3C2)cc1. The molecule has 28 heavy (non-hydrogen) atoms. The predicted molar refractivity (Wildman–Crippen MR) is 103 cm³/mol. The van der Waals surface area contributed by atoms with E-state index in [2.05, 4.69) is 4.90 Å². The number of phenols is 1. The molecular weight excluding hydrogens is 361 g/mol. The van der Waals surface area contributed by atoms with Gasteiger partial charge in [-0.15, -0.1) is 0 Å². The summed E-state index contributed by atoms with van der Waals surface area (Å²) in [5.41, 5.74) is 0.494. The molecule has 0 aromatic heterocycles. The van der Waals surface area contributed by atoms with E-state index >= 15 is 0 Å². The van der Waals surface area contributed by atoms with E-state index in [9.17, 15) is 14.6 Å². The molecule has 2 aromatic rings. The topological polar surface area (TPSA) is 62.2 Å². The van der Waals surface area contributed by atoms with E-state index < -0.39 is 17.7 Å². The second kappa shape index (κ2) is 7.97. The van der Waals surface area contributed by atoms with Crippen molar-refractivity contribution in [1.29, 1.82) is 0 Å². The Balaban J connectivity index is 1.28. The minimum Gasteiger partial charge on any atom is -0.505 e. The van der Waals surface area contributed by atoms with Gasteiger partial charge in [0.05, 0.1) is 19.3 Å². The Labute approximate surface area is 164 Å². The van der Waals surface area contributed by atoms with Gasteiger partial charge in [0.1, 0.15) is 11.5 Å². The molecule has 5 nitrogen and oxygen atoms in total. The van der Waals surface area contributed by atoms with Crippen molar-refractivity contribution in [3.05, 3.63) is 53.8 Å². The van der Waals surface area contributed by atoms with Gasteiger partial charge in [-0.05, 0) is 66.6 Å². The average molecular weight is 387 g/mol. The van der Waals surface area contributed by atoms with E-state index in [1.807, 2.05) is 24.3 Å². The summed E-state index contributed by atoms with van der Waals surface area (Å²) < 4.78 is 24.8. The van der Waals surface area contributed by atoms with Gasteiger partial charge in [0.2, 0.25) is 0 Å². The second-order valence-electron chi connectivity index (χ2n) is 7.85. The van der Waals surface area contributed by atoms with Gasteiger partial charge < -0.3 is 19.7 Å². The van der Waals surface area contributed by atoms with Crippen molar-refractivity contribution in [3.8, 4) is 17.2 Å². The number of hydrogen-bond acceptors (Lipinski definition) is 5. The predicted octanol–water partition coefficient (Wildman–Crippen LogP) is 3.36. The Bertz CT molecular complexity index is 799. The van der Waals surface area contributed by atoms with Gasteiger partial charge in [0.15, 0.2) is 11.6 Å². The lowest BCUT2D eigenvalue weighted by molar-refractivity contribution is 0.116. The zero-order valence-electron chi connectivity index (χ0n) is 15.9. The zero-order chi connectivity index (χ0) is 19.7. The Kier molecular flexibility index (Phi) is 5.42. The minimum atomic E-state index is -0.764. The summed E-state index contributed by atoms with van der Waals surface area (Å²) in [5.74, 6) is 1.72. The molecule has 150 valence electrons. The maximum atomic E-state index is 13.5. The molecule has 4 atom stereocenters. The number of hydrogen-bond donors (Lipinski definition) is 2. The number of benzene rings is 2. The van der Waals surface area contributed by atoms with Crippen LogP contribution in [-0.4, -0.2) is 48.0 Å². The van der Waals surface area contributed by atoms with Crippen molar-refractivity contribution in [2.45, 2.75) is 25.0 Å². The Morgan fingerprint density at radius 3 is 2.32 bits per heavy atom. The fraction of sp³-hybridized carbons (Fsp3) is 0.455. The Morgan fingerprint density at radius 1 is 1.07 bits per heavy atom. The van der Waals surface area contributed by atoms with E-state index in [0.29, 0.717) is 23.9 Å². The number of aliphatic hydroxyl groups excluding tert-OH is 1. The number of β-amino-alcohol motifs (C(OH)–C–C–N with tert-alkyl or cyclic N) is 1. The van der Waals surface area contributed by atoms with Crippen molar-refractivity contribution in [2.75, 3.05) is 26.7 Å². The van der Waals surface area contributed by atoms with Crippen LogP contribution >= 0.6 is 0 Å². The molecule has 2 N–H and O–H groups in total. The maximum absolute atomic E-state index is 13.5. The smallest absolute Gasteiger partial charge is 0.165 e. The third-order valence-electron chi connectivity index (χ3n) is 5.93. The van der Waals surface area contributed by atoms with E-state index in [1.165, 1.54) is 12.1 Å². The molecule has 1 saturated heterocycles. The molecular formula is C22H26FNO4. The maximum Gasteiger partial charge on any atom is 0.165 e. The number of ether oxygens (including phenoxy) is 2. The highest BCUT2D eigenvalue weighted by molar-refractivity contribution is 5.31. The molecule has 1 saturated carbocycles. The van der Waals surface area contributed by atoms with Crippen LogP contribution in [0.2, 0.25) is 0 Å². The average Bonchev–Trinajstić information content (AvgIpc) is 3.22. The lowest BCUT2D eigenvalue weighted by Crippen LogP contribution is -2.29. The quantitative estimate of drug-likeness (QED) is 0.796. The highest BCUT2D eigenvalue weighted by atomic mass is 19.1. The standard InChI is InChI=1S/C22H26FNO4/c1-27-17-3-5-18(6-4-17)28-19-8-15-11-24(12-16(15)9-19)13-22(26)14-2-7-21(25)20(23)10-14/h2-7,10,15-16,19,22,25-26H,8-9,11-13H2,1H3/t15-,16+,19?,22?. The first-order chi connectivity index (χ1) is 13.5. The number of fused-ring (bicyclic) bond motifs is 1. The number of likely N-dealkylation sites (tertiary alicyclic amines) is 1. The van der Waals surface area contributed by atoms with Crippen LogP contribution in [0, 0.1) is 17.7 Å². The van der Waals surface area contributed by atoms with Crippen LogP contribution in [-0.2, 0) is 0 Å². The highest BCUT2D eigenvalue weighted by Crippen LogP contribution is 2.40. The van der Waals surface area contributed by atoms with Gasteiger partial charge in [-0.1, -0.05) is 6.07 Å². The fourth-order valence-corrected chi connectivity index (χ4v) is 4.51. The Morgan fingerprint density at radius 2 is 1.71 bits per heavy atom. The Hall–Kier alpha value is -2.31. The van der Waals surface area contributed by atoms with Crippen molar-refractivity contribution in [2.24, 2.45) is 11.8 Å². The van der Waals surface area contributed by atoms with Crippen molar-refractivity contribution in [1.82, 2.24) is 4.90 Å². The molecule has 0 amide bonds. The van der Waals surface area contributed by atoms with E-state index in [-0.39, 0.29) is 6.10 Å². The van der Waals surface area contributed by atoms with E-state index in [1.54, 1.807) is 13.2 Å². The van der Waals surface area contributed by atoms with Gasteiger partial charge in [-0.25, -0.2) is 4.39 Å². The first-order valence-electron chi connectivity index (χ1n) is 9.71. The first-order valence-corrected chi connectivity index (χ1v) is 9.71. The molecule has 1 heterocycles. The second-order valence-corrected chi connectivity index (χ2v) is 7.85. The summed E-state index contributed by atoms with van der Waals surface area (Å²) in [6.45, 7) is 2.32. The molecule has 1 aliphatic carbocycles. The van der Waals surface area contributed by atoms with Gasteiger partial charge >= 0.3 is 0 Å². The molecule has 2 aliphatic rings. The summed E-state index contributed by atoms with van der Waals surface area (Å²) in [6.07, 6.45) is 1.48. The lowest BCUT2D eigenvalue weighted by atomic mass is 10.0. The number of aromatic hydroxyl groups is 1. The molecule has 4 rings (SSSR count). The van der Waals surface area contributed by atoms with Crippen LogP contribution in [0.5, 0.6) is 17.2 Å². The van der Waals surface area contributed by atoms with Crippen molar-refractivity contribution in [3.63, 3.8) is 0 Å². The third kappa shape index (κ3) is 4.08. The molecule has 2 aromatic carbocycles. The van der Waals surface area contributed by atoms with Crippen LogP contribution < -0.4 is 9.47 Å². The van der Waals surface area contributed by atoms with E-state index in [0.717, 1.165) is 37.4 Å². The van der Waals surface area contributed by atoms with Crippen LogP contribution in [0.3, 0.4) is 0 Å². The van der Waals surface area contributed by atoms with Gasteiger partial charge in [-0.2, -0.15) is 0 Å². The van der Waals surface area contributed by atoms with Crippen molar-refractivity contribution >= 4 is 0 Å². The summed E-state index contributed by atoms with van der Waals surface area (Å²) in [4.78, 5) is 2.24. The normalized spacial score (nSPS) is 25.5. The fourth-order valence-electron chi connectivity index (χ4n) is 4.51. The number of methoxy groups -OCH3 is 1. The largest absolute Gasteiger partial charge is 0.505 e. The van der Waals surface area contributed by atoms with Crippen molar-refractivity contribution < 1.29 is 24.1 Å². The molecule has 0 bridgehead atoms.